The lowest BCUT2D eigenvalue weighted by atomic mass is 10.2. The van der Waals surface area contributed by atoms with Crippen LogP contribution in [-0.2, 0) is 7.05 Å². The standard InChI is InChI=1S/C18H21N7O2/c1-5-9-19-15(12-10-20-25(2)11-12)17-22-18(24-23-17)21-13-7-6-8-14(26-3)16(13)27-4/h5-11H,1-4H3,(H2,21,22,23,24)/b9-5-,19-15-. The number of nitrogens with zero attached hydrogens (tertiary/aromatic N) is 5. The summed E-state index contributed by atoms with van der Waals surface area (Å²) < 4.78 is 12.4. The van der Waals surface area contributed by atoms with Gasteiger partial charge < -0.3 is 14.8 Å². The Morgan fingerprint density at radius 3 is 2.81 bits per heavy atom. The predicted octanol–water partition coefficient (Wildman–Crippen LogP) is 2.67. The predicted molar refractivity (Wildman–Crippen MR) is 103 cm³/mol. The fraction of sp³-hybridized carbons (Fsp3) is 0.222. The maximum atomic E-state index is 5.42. The summed E-state index contributed by atoms with van der Waals surface area (Å²) in [5, 5.41) is 14.5. The first-order valence-electron chi connectivity index (χ1n) is 8.25. The average molecular weight is 367 g/mol. The molecular weight excluding hydrogens is 346 g/mol. The summed E-state index contributed by atoms with van der Waals surface area (Å²) in [7, 11) is 5.01. The van der Waals surface area contributed by atoms with E-state index in [1.165, 1.54) is 0 Å². The number of benzene rings is 1. The highest BCUT2D eigenvalue weighted by atomic mass is 16.5. The summed E-state index contributed by atoms with van der Waals surface area (Å²) in [5.41, 5.74) is 2.16. The number of ether oxygens (including phenoxy) is 2. The number of aromatic nitrogens is 5. The molecule has 0 fully saturated rings. The molecule has 1 aromatic carbocycles. The van der Waals surface area contributed by atoms with Crippen molar-refractivity contribution in [2.75, 3.05) is 19.5 Å². The van der Waals surface area contributed by atoms with Crippen molar-refractivity contribution in [1.29, 1.82) is 0 Å². The van der Waals surface area contributed by atoms with Gasteiger partial charge >= 0.3 is 0 Å². The molecule has 140 valence electrons. The minimum absolute atomic E-state index is 0.383. The molecule has 2 N–H and O–H groups in total. The summed E-state index contributed by atoms with van der Waals surface area (Å²) in [5.74, 6) is 2.09. The highest BCUT2D eigenvalue weighted by Crippen LogP contribution is 2.35. The lowest BCUT2D eigenvalue weighted by molar-refractivity contribution is 0.356. The first-order chi connectivity index (χ1) is 13.2. The van der Waals surface area contributed by atoms with E-state index in [1.54, 1.807) is 31.3 Å². The van der Waals surface area contributed by atoms with Gasteiger partial charge in [0.25, 0.3) is 0 Å². The SMILES string of the molecule is C/C=C\N=C(\c1cnn(C)c1)c1nc(Nc2cccc(OC)c2OC)n[nH]1. The van der Waals surface area contributed by atoms with Gasteiger partial charge in [-0.25, -0.2) is 0 Å². The quantitative estimate of drug-likeness (QED) is 0.623. The van der Waals surface area contributed by atoms with Crippen LogP contribution in [0.25, 0.3) is 0 Å². The zero-order valence-corrected chi connectivity index (χ0v) is 15.6. The number of aliphatic imine (C=N–C) groups is 1. The molecule has 0 aliphatic rings. The van der Waals surface area contributed by atoms with E-state index in [0.29, 0.717) is 34.7 Å². The molecule has 0 bridgehead atoms. The van der Waals surface area contributed by atoms with Crippen molar-refractivity contribution >= 4 is 17.3 Å². The molecule has 0 atom stereocenters. The maximum absolute atomic E-state index is 5.42. The van der Waals surface area contributed by atoms with Crippen molar-refractivity contribution in [3.8, 4) is 11.5 Å². The topological polar surface area (TPSA) is 102 Å². The van der Waals surface area contributed by atoms with Crippen molar-refractivity contribution in [3.63, 3.8) is 0 Å². The molecule has 2 heterocycles. The molecule has 0 radical (unpaired) electrons. The number of nitrogens with one attached hydrogen (secondary N) is 2. The molecule has 9 nitrogen and oxygen atoms in total. The Morgan fingerprint density at radius 2 is 2.15 bits per heavy atom. The maximum Gasteiger partial charge on any atom is 0.247 e. The molecule has 0 saturated heterocycles. The summed E-state index contributed by atoms with van der Waals surface area (Å²) in [6.45, 7) is 1.90. The Bertz CT molecular complexity index is 972. The molecule has 2 aromatic heterocycles. The molecular formula is C18H21N7O2. The summed E-state index contributed by atoms with van der Waals surface area (Å²) in [4.78, 5) is 8.95. The van der Waals surface area contributed by atoms with Gasteiger partial charge in [-0.05, 0) is 19.1 Å². The number of para-hydroxylation sites is 1. The van der Waals surface area contributed by atoms with Crippen molar-refractivity contribution in [1.82, 2.24) is 25.0 Å². The van der Waals surface area contributed by atoms with Crippen LogP contribution in [-0.4, -0.2) is 44.9 Å². The zero-order chi connectivity index (χ0) is 19.2. The van der Waals surface area contributed by atoms with E-state index in [9.17, 15) is 0 Å². The van der Waals surface area contributed by atoms with E-state index in [0.717, 1.165) is 5.56 Å². The molecule has 0 unspecified atom stereocenters. The normalized spacial score (nSPS) is 11.8. The second-order valence-electron chi connectivity index (χ2n) is 5.54. The first kappa shape index (κ1) is 18.2. The number of hydrogen-bond donors (Lipinski definition) is 2. The van der Waals surface area contributed by atoms with Crippen molar-refractivity contribution in [2.24, 2.45) is 12.0 Å². The first-order valence-corrected chi connectivity index (χ1v) is 8.25. The fourth-order valence-electron chi connectivity index (χ4n) is 2.49. The van der Waals surface area contributed by atoms with E-state index in [2.05, 4.69) is 30.6 Å². The van der Waals surface area contributed by atoms with E-state index in [-0.39, 0.29) is 0 Å². The van der Waals surface area contributed by atoms with Crippen LogP contribution in [0.3, 0.4) is 0 Å². The zero-order valence-electron chi connectivity index (χ0n) is 15.6. The van der Waals surface area contributed by atoms with E-state index in [4.69, 9.17) is 9.47 Å². The van der Waals surface area contributed by atoms with Gasteiger partial charge in [0.15, 0.2) is 17.3 Å². The third-order valence-corrected chi connectivity index (χ3v) is 3.69. The number of anilines is 2. The van der Waals surface area contributed by atoms with Crippen molar-refractivity contribution in [3.05, 3.63) is 54.3 Å². The second kappa shape index (κ2) is 8.17. The van der Waals surface area contributed by atoms with E-state index >= 15 is 0 Å². The minimum atomic E-state index is 0.383. The number of methoxy groups -OCH3 is 2. The van der Waals surface area contributed by atoms with Crippen LogP contribution in [0, 0.1) is 0 Å². The number of aromatic amines is 1. The minimum Gasteiger partial charge on any atom is -0.493 e. The van der Waals surface area contributed by atoms with Crippen LogP contribution in [0.4, 0.5) is 11.6 Å². The molecule has 27 heavy (non-hydrogen) atoms. The van der Waals surface area contributed by atoms with Crippen LogP contribution in [0.5, 0.6) is 11.5 Å². The Balaban J connectivity index is 1.92. The number of allylic oxidation sites excluding steroid dienone is 1. The molecule has 9 heteroatoms. The Hall–Kier alpha value is -3.62. The summed E-state index contributed by atoms with van der Waals surface area (Å²) >= 11 is 0. The number of hydrogen-bond acceptors (Lipinski definition) is 7. The lowest BCUT2D eigenvalue weighted by Crippen LogP contribution is -2.05. The molecule has 0 saturated carbocycles. The third-order valence-electron chi connectivity index (χ3n) is 3.69. The second-order valence-corrected chi connectivity index (χ2v) is 5.54. The van der Waals surface area contributed by atoms with Crippen LogP contribution in [0.2, 0.25) is 0 Å². The van der Waals surface area contributed by atoms with Gasteiger partial charge in [-0.3, -0.25) is 14.8 Å². The van der Waals surface area contributed by atoms with Gasteiger partial charge in [-0.15, -0.1) is 5.10 Å². The Labute approximate surface area is 156 Å². The smallest absolute Gasteiger partial charge is 0.247 e. The van der Waals surface area contributed by atoms with Crippen LogP contribution < -0.4 is 14.8 Å². The third kappa shape index (κ3) is 3.97. The van der Waals surface area contributed by atoms with Crippen LogP contribution in [0.1, 0.15) is 18.3 Å². The van der Waals surface area contributed by atoms with Crippen LogP contribution in [0.15, 0.2) is 47.9 Å². The summed E-state index contributed by atoms with van der Waals surface area (Å²) in [6, 6.07) is 5.52. The van der Waals surface area contributed by atoms with Crippen molar-refractivity contribution in [2.45, 2.75) is 6.92 Å². The number of aryl methyl sites for hydroxylation is 1. The van der Waals surface area contributed by atoms with Gasteiger partial charge in [0, 0.05) is 25.0 Å². The van der Waals surface area contributed by atoms with Gasteiger partial charge in [-0.1, -0.05) is 12.1 Å². The Kier molecular flexibility index (Phi) is 5.50. The summed E-state index contributed by atoms with van der Waals surface area (Å²) in [6.07, 6.45) is 7.13. The van der Waals surface area contributed by atoms with E-state index < -0.39 is 0 Å². The number of H-pyrrole nitrogens is 1. The molecule has 3 rings (SSSR count). The highest BCUT2D eigenvalue weighted by molar-refractivity contribution is 6.10. The number of rotatable bonds is 7. The molecule has 0 spiro atoms. The lowest BCUT2D eigenvalue weighted by Gasteiger charge is -2.12. The molecule has 0 amide bonds. The fourth-order valence-corrected chi connectivity index (χ4v) is 2.49. The van der Waals surface area contributed by atoms with Crippen molar-refractivity contribution < 1.29 is 9.47 Å². The van der Waals surface area contributed by atoms with Gasteiger partial charge in [0.05, 0.1) is 26.1 Å². The van der Waals surface area contributed by atoms with Crippen LogP contribution >= 0.6 is 0 Å². The van der Waals surface area contributed by atoms with Gasteiger partial charge in [0.1, 0.15) is 5.71 Å². The van der Waals surface area contributed by atoms with Gasteiger partial charge in [0.2, 0.25) is 5.95 Å². The van der Waals surface area contributed by atoms with E-state index in [1.807, 2.05) is 44.4 Å². The molecule has 0 aliphatic heterocycles. The largest absolute Gasteiger partial charge is 0.493 e. The molecule has 0 aliphatic carbocycles. The molecule has 3 aromatic rings. The van der Waals surface area contributed by atoms with Gasteiger partial charge in [-0.2, -0.15) is 10.1 Å². The Morgan fingerprint density at radius 1 is 1.30 bits per heavy atom. The monoisotopic (exact) mass is 367 g/mol. The average Bonchev–Trinajstić information content (AvgIpc) is 3.31. The highest BCUT2D eigenvalue weighted by Gasteiger charge is 2.16.